The zero-order valence-electron chi connectivity index (χ0n) is 24.4. The summed E-state index contributed by atoms with van der Waals surface area (Å²) in [6.07, 6.45) is 2.19. The van der Waals surface area contributed by atoms with Crippen LogP contribution in [0.3, 0.4) is 0 Å². The number of aliphatic hydroxyl groups excluding tert-OH is 1. The van der Waals surface area contributed by atoms with E-state index in [1.165, 1.54) is 4.90 Å². The molecule has 0 aromatic heterocycles. The lowest BCUT2D eigenvalue weighted by Crippen LogP contribution is -2.61. The van der Waals surface area contributed by atoms with E-state index in [-0.39, 0.29) is 41.8 Å². The quantitative estimate of drug-likeness (QED) is 0.239. The maximum Gasteiger partial charge on any atom is 0.312 e. The third kappa shape index (κ3) is 5.13. The third-order valence-electron chi connectivity index (χ3n) is 8.48. The van der Waals surface area contributed by atoms with E-state index in [1.54, 1.807) is 17.9 Å². The number of ether oxygens (including phenoxy) is 2. The van der Waals surface area contributed by atoms with Crippen molar-refractivity contribution in [3.8, 4) is 0 Å². The molecule has 3 fully saturated rings. The van der Waals surface area contributed by atoms with E-state index < -0.39 is 47.1 Å². The molecule has 3 saturated heterocycles. The van der Waals surface area contributed by atoms with Gasteiger partial charge in [-0.05, 0) is 44.6 Å². The average molecular weight is 620 g/mol. The van der Waals surface area contributed by atoms with Crippen LogP contribution in [0.25, 0.3) is 0 Å². The molecule has 3 aliphatic rings. The Hall–Kier alpha value is -2.23. The fourth-order valence-electron chi connectivity index (χ4n) is 7.53. The number of carbonyl (C=O) groups excluding carboxylic acids is 3. The first kappa shape index (κ1) is 30.7. The van der Waals surface area contributed by atoms with Crippen LogP contribution in [0, 0.1) is 17.3 Å². The van der Waals surface area contributed by atoms with Gasteiger partial charge < -0.3 is 24.4 Å². The second kappa shape index (κ2) is 11.2. The molecule has 220 valence electrons. The van der Waals surface area contributed by atoms with Crippen molar-refractivity contribution in [3.05, 3.63) is 48.6 Å². The molecule has 4 rings (SSSR count). The molecular weight excluding hydrogens is 576 g/mol. The maximum absolute atomic E-state index is 14.9. The summed E-state index contributed by atoms with van der Waals surface area (Å²) in [6, 6.07) is 7.36. The lowest BCUT2D eigenvalue weighted by atomic mass is 9.70. The first-order chi connectivity index (χ1) is 18.7. The van der Waals surface area contributed by atoms with E-state index in [2.05, 4.69) is 43.3 Å². The highest BCUT2D eigenvalue weighted by Crippen LogP contribution is 2.61. The second-order valence-corrected chi connectivity index (χ2v) is 14.2. The number of esters is 1. The molecule has 0 saturated carbocycles. The second-order valence-electron chi connectivity index (χ2n) is 13.1. The fraction of sp³-hybridized carbons (Fsp3) is 0.645. The molecule has 1 aromatic rings. The molecule has 0 aliphatic carbocycles. The number of carbonyl (C=O) groups is 3. The van der Waals surface area contributed by atoms with Crippen LogP contribution in [0.5, 0.6) is 0 Å². The number of hydrogen-bond acceptors (Lipinski definition) is 6. The normalized spacial score (nSPS) is 30.2. The van der Waals surface area contributed by atoms with Crippen LogP contribution in [0.2, 0.25) is 0 Å². The van der Waals surface area contributed by atoms with Crippen LogP contribution in [-0.4, -0.2) is 80.6 Å². The minimum absolute atomic E-state index is 0.0782. The van der Waals surface area contributed by atoms with Crippen molar-refractivity contribution in [1.29, 1.82) is 0 Å². The summed E-state index contributed by atoms with van der Waals surface area (Å²) < 4.78 is 12.0. The van der Waals surface area contributed by atoms with Crippen LogP contribution in [0.1, 0.15) is 66.0 Å². The Morgan fingerprint density at radius 2 is 1.93 bits per heavy atom. The van der Waals surface area contributed by atoms with Crippen LogP contribution >= 0.6 is 15.9 Å². The van der Waals surface area contributed by atoms with Crippen molar-refractivity contribution in [2.75, 3.05) is 19.8 Å². The molecule has 40 heavy (non-hydrogen) atoms. The van der Waals surface area contributed by atoms with Crippen LogP contribution in [-0.2, 0) is 23.9 Å². The van der Waals surface area contributed by atoms with E-state index >= 15 is 0 Å². The Kier molecular flexibility index (Phi) is 8.61. The van der Waals surface area contributed by atoms with E-state index in [0.29, 0.717) is 18.4 Å². The maximum atomic E-state index is 14.9. The van der Waals surface area contributed by atoms with E-state index in [4.69, 9.17) is 9.47 Å². The topological polar surface area (TPSA) is 96.4 Å². The highest BCUT2D eigenvalue weighted by atomic mass is 79.9. The van der Waals surface area contributed by atoms with Crippen LogP contribution in [0.4, 0.5) is 0 Å². The van der Waals surface area contributed by atoms with Gasteiger partial charge in [-0.15, -0.1) is 6.58 Å². The van der Waals surface area contributed by atoms with Crippen LogP contribution in [0.15, 0.2) is 43.0 Å². The van der Waals surface area contributed by atoms with Gasteiger partial charge in [-0.1, -0.05) is 73.1 Å². The van der Waals surface area contributed by atoms with Crippen molar-refractivity contribution in [1.82, 2.24) is 9.80 Å². The molecule has 1 N–H and O–H groups in total. The minimum Gasteiger partial charge on any atom is -0.466 e. The zero-order chi connectivity index (χ0) is 29.6. The molecule has 9 heteroatoms. The predicted octanol–water partition coefficient (Wildman–Crippen LogP) is 4.26. The van der Waals surface area contributed by atoms with E-state index in [1.807, 2.05) is 44.2 Å². The largest absolute Gasteiger partial charge is 0.466 e. The van der Waals surface area contributed by atoms with Crippen molar-refractivity contribution >= 4 is 33.7 Å². The number of alkyl halides is 1. The lowest BCUT2D eigenvalue weighted by molar-refractivity contribution is -0.157. The average Bonchev–Trinajstić information content (AvgIpc) is 3.46. The first-order valence-corrected chi connectivity index (χ1v) is 15.0. The van der Waals surface area contributed by atoms with Gasteiger partial charge in [0, 0.05) is 16.9 Å². The van der Waals surface area contributed by atoms with Crippen molar-refractivity contribution in [2.45, 2.75) is 88.5 Å². The molecule has 1 aromatic carbocycles. The van der Waals surface area contributed by atoms with E-state index in [0.717, 1.165) is 0 Å². The number of likely N-dealkylation sites (tertiary alicyclic amines) is 1. The molecule has 1 unspecified atom stereocenters. The smallest absolute Gasteiger partial charge is 0.312 e. The highest BCUT2D eigenvalue weighted by Gasteiger charge is 2.77. The van der Waals surface area contributed by atoms with Gasteiger partial charge in [0.05, 0.1) is 37.2 Å². The Bertz CT molecular complexity index is 1130. The van der Waals surface area contributed by atoms with Gasteiger partial charge in [0.25, 0.3) is 0 Å². The monoisotopic (exact) mass is 618 g/mol. The molecule has 1 spiro atoms. The molecular formula is C31H43BrN2O6. The minimum atomic E-state index is -1.25. The fourth-order valence-corrected chi connectivity index (χ4v) is 8.47. The summed E-state index contributed by atoms with van der Waals surface area (Å²) in [5.74, 6) is -2.89. The number of benzene rings is 1. The number of halogens is 1. The number of fused-ring (bicyclic) bond motifs is 1. The Morgan fingerprint density at radius 1 is 1.27 bits per heavy atom. The number of hydrogen-bond donors (Lipinski definition) is 1. The van der Waals surface area contributed by atoms with Gasteiger partial charge in [0.2, 0.25) is 11.8 Å². The lowest BCUT2D eigenvalue weighted by Gasteiger charge is -2.46. The summed E-state index contributed by atoms with van der Waals surface area (Å²) in [6.45, 7) is 16.1. The van der Waals surface area contributed by atoms with Gasteiger partial charge in [0.1, 0.15) is 11.6 Å². The summed E-state index contributed by atoms with van der Waals surface area (Å²) in [5.41, 5.74) is -1.21. The number of aliphatic hydroxyl groups is 1. The Labute approximate surface area is 246 Å². The van der Waals surface area contributed by atoms with Crippen molar-refractivity contribution in [3.63, 3.8) is 0 Å². The Balaban J connectivity index is 1.89. The molecule has 2 bridgehead atoms. The Morgan fingerprint density at radius 3 is 2.48 bits per heavy atom. The molecule has 7 atom stereocenters. The predicted molar refractivity (Wildman–Crippen MR) is 156 cm³/mol. The summed E-state index contributed by atoms with van der Waals surface area (Å²) in [7, 11) is 0. The third-order valence-corrected chi connectivity index (χ3v) is 9.33. The van der Waals surface area contributed by atoms with Gasteiger partial charge in [-0.2, -0.15) is 0 Å². The standard InChI is InChI=1S/C31H43BrN2O6/c1-8-15-33(30(6,7)18-29(3,4)5)27(37)25-31-16-20(32)24(40-31)22(28(38)39-9-2)23(31)26(36)34(25)21(17-35)19-13-11-10-12-14-19/h8,10-14,20-25,35H,1,9,15-18H2,2-7H3/t20?,21-,22-,23+,24-,25-,31+/m1/s1. The zero-order valence-corrected chi connectivity index (χ0v) is 26.0. The van der Waals surface area contributed by atoms with Crippen molar-refractivity contribution < 1.29 is 29.0 Å². The van der Waals surface area contributed by atoms with Gasteiger partial charge in [-0.3, -0.25) is 14.4 Å². The van der Waals surface area contributed by atoms with Gasteiger partial charge in [-0.25, -0.2) is 0 Å². The number of amides is 2. The highest BCUT2D eigenvalue weighted by molar-refractivity contribution is 9.09. The molecule has 8 nitrogen and oxygen atoms in total. The van der Waals surface area contributed by atoms with Gasteiger partial charge in [0.15, 0.2) is 0 Å². The van der Waals surface area contributed by atoms with Gasteiger partial charge >= 0.3 is 5.97 Å². The van der Waals surface area contributed by atoms with E-state index in [9.17, 15) is 19.5 Å². The molecule has 2 amide bonds. The molecule has 0 radical (unpaired) electrons. The summed E-state index contributed by atoms with van der Waals surface area (Å²) in [5, 5.41) is 10.7. The molecule has 3 heterocycles. The van der Waals surface area contributed by atoms with Crippen molar-refractivity contribution in [2.24, 2.45) is 17.3 Å². The summed E-state index contributed by atoms with van der Waals surface area (Å²) in [4.78, 5) is 45.7. The summed E-state index contributed by atoms with van der Waals surface area (Å²) >= 11 is 3.70. The first-order valence-electron chi connectivity index (χ1n) is 14.1. The van der Waals surface area contributed by atoms with Crippen LogP contribution < -0.4 is 0 Å². The molecule has 3 aliphatic heterocycles. The number of nitrogens with zero attached hydrogens (tertiary/aromatic N) is 2. The number of rotatable bonds is 10. The SMILES string of the molecule is C=CCN(C(=O)[C@H]1N([C@H](CO)c2ccccc2)C(=O)[C@@H]2[C@@H](C(=O)OCC)[C@@H]3O[C@@]21CC3Br)C(C)(C)CC(C)(C)C.